The van der Waals surface area contributed by atoms with Crippen molar-refractivity contribution in [3.63, 3.8) is 0 Å². The van der Waals surface area contributed by atoms with Crippen molar-refractivity contribution < 1.29 is 19.8 Å². The number of anilines is 1. The summed E-state index contributed by atoms with van der Waals surface area (Å²) in [6.45, 7) is 5.46. The van der Waals surface area contributed by atoms with Gasteiger partial charge in [0.25, 0.3) is 0 Å². The first-order valence-electron chi connectivity index (χ1n) is 10.8. The van der Waals surface area contributed by atoms with Gasteiger partial charge in [0.1, 0.15) is 0 Å². The van der Waals surface area contributed by atoms with E-state index in [0.29, 0.717) is 12.2 Å². The van der Waals surface area contributed by atoms with Crippen LogP contribution >= 0.6 is 0 Å². The molecule has 1 heterocycles. The lowest BCUT2D eigenvalue weighted by Gasteiger charge is -2.36. The van der Waals surface area contributed by atoms with Gasteiger partial charge in [-0.1, -0.05) is 66.7 Å². The fraction of sp³-hybridized carbons (Fsp3) is 0.185. The Morgan fingerprint density at radius 1 is 0.697 bits per heavy atom. The number of carboxylic acid groups (broad SMARTS) is 2. The van der Waals surface area contributed by atoms with Crippen molar-refractivity contribution in [1.29, 1.82) is 0 Å². The normalized spacial score (nSPS) is 13.9. The van der Waals surface area contributed by atoms with E-state index in [1.807, 2.05) is 0 Å². The third-order valence-corrected chi connectivity index (χ3v) is 5.30. The smallest absolute Gasteiger partial charge is 0.328 e. The van der Waals surface area contributed by atoms with Crippen LogP contribution in [0, 0.1) is 0 Å². The van der Waals surface area contributed by atoms with Gasteiger partial charge in [-0.25, -0.2) is 9.59 Å². The van der Waals surface area contributed by atoms with E-state index in [-0.39, 0.29) is 0 Å². The molecule has 0 aromatic heterocycles. The summed E-state index contributed by atoms with van der Waals surface area (Å²) in [6, 6.07) is 30.3. The highest BCUT2D eigenvalue weighted by molar-refractivity contribution is 5.89. The lowest BCUT2D eigenvalue weighted by Crippen LogP contribution is -2.45. The highest BCUT2D eigenvalue weighted by Gasteiger charge is 2.17. The second-order valence-electron chi connectivity index (χ2n) is 7.67. The van der Waals surface area contributed by atoms with Crippen molar-refractivity contribution in [2.45, 2.75) is 6.54 Å². The zero-order chi connectivity index (χ0) is 23.5. The number of aliphatic carboxylic acids is 2. The zero-order valence-electron chi connectivity index (χ0n) is 18.4. The van der Waals surface area contributed by atoms with Gasteiger partial charge >= 0.3 is 11.9 Å². The maximum Gasteiger partial charge on any atom is 0.328 e. The number of rotatable bonds is 6. The molecule has 1 aliphatic rings. The van der Waals surface area contributed by atoms with Crippen LogP contribution in [-0.4, -0.2) is 53.2 Å². The van der Waals surface area contributed by atoms with Crippen molar-refractivity contribution in [2.75, 3.05) is 31.1 Å². The summed E-state index contributed by atoms with van der Waals surface area (Å²) in [4.78, 5) is 24.1. The van der Waals surface area contributed by atoms with Crippen molar-refractivity contribution in [1.82, 2.24) is 4.90 Å². The summed E-state index contributed by atoms with van der Waals surface area (Å²) >= 11 is 0. The molecule has 0 bridgehead atoms. The van der Waals surface area contributed by atoms with E-state index in [1.165, 1.54) is 22.4 Å². The summed E-state index contributed by atoms with van der Waals surface area (Å²) < 4.78 is 0. The number of hydrogen-bond acceptors (Lipinski definition) is 4. The van der Waals surface area contributed by atoms with Gasteiger partial charge in [0.15, 0.2) is 0 Å². The first-order valence-corrected chi connectivity index (χ1v) is 10.8. The Bertz CT molecular complexity index is 1040. The van der Waals surface area contributed by atoms with Gasteiger partial charge in [0.05, 0.1) is 0 Å². The predicted octanol–water partition coefficient (Wildman–Crippen LogP) is 4.39. The summed E-state index contributed by atoms with van der Waals surface area (Å²) in [5.41, 5.74) is 5.34. The van der Waals surface area contributed by atoms with Crippen molar-refractivity contribution in [3.8, 4) is 11.1 Å². The molecule has 2 N–H and O–H groups in total. The fourth-order valence-corrected chi connectivity index (χ4v) is 3.68. The highest BCUT2D eigenvalue weighted by Crippen LogP contribution is 2.22. The molecule has 170 valence electrons. The number of para-hydroxylation sites is 1. The largest absolute Gasteiger partial charge is 0.478 e. The number of nitrogens with zero attached hydrogens (tertiary/aromatic N) is 2. The lowest BCUT2D eigenvalue weighted by atomic mass is 10.0. The molecule has 33 heavy (non-hydrogen) atoms. The van der Waals surface area contributed by atoms with E-state index in [2.05, 4.69) is 94.7 Å². The van der Waals surface area contributed by atoms with Crippen LogP contribution < -0.4 is 4.90 Å². The van der Waals surface area contributed by atoms with E-state index in [1.54, 1.807) is 0 Å². The van der Waals surface area contributed by atoms with Crippen molar-refractivity contribution >= 4 is 17.6 Å². The van der Waals surface area contributed by atoms with Crippen LogP contribution in [0.5, 0.6) is 0 Å². The minimum Gasteiger partial charge on any atom is -0.478 e. The van der Waals surface area contributed by atoms with Crippen molar-refractivity contribution in [2.24, 2.45) is 0 Å². The molecule has 0 atom stereocenters. The van der Waals surface area contributed by atoms with Gasteiger partial charge in [-0.15, -0.1) is 0 Å². The molecule has 0 saturated carbocycles. The molecular weight excluding hydrogens is 416 g/mol. The molecule has 6 heteroatoms. The number of piperazine rings is 1. The first-order chi connectivity index (χ1) is 16.0. The Morgan fingerprint density at radius 3 is 1.82 bits per heavy atom. The molecule has 0 amide bonds. The van der Waals surface area contributed by atoms with Crippen molar-refractivity contribution in [3.05, 3.63) is 103 Å². The van der Waals surface area contributed by atoms with Crippen LogP contribution in [0.25, 0.3) is 11.1 Å². The molecule has 1 aliphatic heterocycles. The minimum atomic E-state index is -1.26. The predicted molar refractivity (Wildman–Crippen MR) is 130 cm³/mol. The molecule has 0 radical (unpaired) electrons. The van der Waals surface area contributed by atoms with Gasteiger partial charge in [-0.2, -0.15) is 0 Å². The zero-order valence-corrected chi connectivity index (χ0v) is 18.4. The minimum absolute atomic E-state index is 0.558. The Balaban J connectivity index is 0.000000331. The monoisotopic (exact) mass is 444 g/mol. The molecule has 3 aromatic carbocycles. The SMILES string of the molecule is O=C(O)C=CC(=O)O.c1ccc(-c2cccc(CN3CCN(c4ccccc4)CC3)c2)cc1. The average molecular weight is 445 g/mol. The quantitative estimate of drug-likeness (QED) is 0.549. The molecule has 0 aliphatic carbocycles. The summed E-state index contributed by atoms with van der Waals surface area (Å²) in [5.74, 6) is -2.51. The average Bonchev–Trinajstić information content (AvgIpc) is 2.85. The van der Waals surface area contributed by atoms with E-state index in [4.69, 9.17) is 10.2 Å². The highest BCUT2D eigenvalue weighted by atomic mass is 16.4. The Hall–Kier alpha value is -3.90. The number of carbonyl (C=O) groups is 2. The van der Waals surface area contributed by atoms with Gasteiger partial charge in [0.2, 0.25) is 0 Å². The number of hydrogen-bond donors (Lipinski definition) is 2. The van der Waals surface area contributed by atoms with Gasteiger partial charge < -0.3 is 15.1 Å². The Kier molecular flexibility index (Phi) is 8.79. The first kappa shape index (κ1) is 23.8. The van der Waals surface area contributed by atoms with E-state index < -0.39 is 11.9 Å². The third kappa shape index (κ3) is 7.94. The standard InChI is InChI=1S/C23H24N2.C4H4O4/c1-3-9-21(10-4-1)22-11-7-8-20(18-22)19-24-14-16-25(17-15-24)23-12-5-2-6-13-23;5-3(6)1-2-4(7)8/h1-13,18H,14-17,19H2;1-2H,(H,5,6)(H,7,8). The van der Waals surface area contributed by atoms with Crippen LogP contribution in [0.2, 0.25) is 0 Å². The topological polar surface area (TPSA) is 81.1 Å². The lowest BCUT2D eigenvalue weighted by molar-refractivity contribution is -0.134. The van der Waals surface area contributed by atoms with Crippen LogP contribution in [0.3, 0.4) is 0 Å². The van der Waals surface area contributed by atoms with Gasteiger partial charge in [-0.3, -0.25) is 4.90 Å². The van der Waals surface area contributed by atoms with Crippen LogP contribution in [-0.2, 0) is 16.1 Å². The third-order valence-electron chi connectivity index (χ3n) is 5.30. The summed E-state index contributed by atoms with van der Waals surface area (Å²) in [6.07, 6.45) is 1.12. The van der Waals surface area contributed by atoms with Gasteiger partial charge in [0, 0.05) is 50.6 Å². The Morgan fingerprint density at radius 2 is 1.24 bits per heavy atom. The molecule has 1 saturated heterocycles. The molecule has 6 nitrogen and oxygen atoms in total. The summed E-state index contributed by atoms with van der Waals surface area (Å²) in [7, 11) is 0. The molecular formula is C27H28N2O4. The molecule has 0 unspecified atom stereocenters. The second kappa shape index (κ2) is 12.2. The molecule has 0 spiro atoms. The number of benzene rings is 3. The maximum absolute atomic E-state index is 9.55. The van der Waals surface area contributed by atoms with Crippen LogP contribution in [0.15, 0.2) is 97.1 Å². The molecule has 4 rings (SSSR count). The maximum atomic E-state index is 9.55. The van der Waals surface area contributed by atoms with E-state index in [9.17, 15) is 9.59 Å². The molecule has 1 fully saturated rings. The van der Waals surface area contributed by atoms with Gasteiger partial charge in [-0.05, 0) is 34.9 Å². The van der Waals surface area contributed by atoms with E-state index >= 15 is 0 Å². The number of carboxylic acids is 2. The van der Waals surface area contributed by atoms with Crippen LogP contribution in [0.1, 0.15) is 5.56 Å². The summed E-state index contributed by atoms with van der Waals surface area (Å²) in [5, 5.41) is 15.6. The fourth-order valence-electron chi connectivity index (χ4n) is 3.68. The Labute approximate surface area is 194 Å². The van der Waals surface area contributed by atoms with Crippen LogP contribution in [0.4, 0.5) is 5.69 Å². The second-order valence-corrected chi connectivity index (χ2v) is 7.67. The molecule has 3 aromatic rings. The van der Waals surface area contributed by atoms with E-state index in [0.717, 1.165) is 32.7 Å².